The molecule has 2 unspecified atom stereocenters. The molecular formula is C21H15ClF4N4O4S. The van der Waals surface area contributed by atoms with Crippen LogP contribution >= 0.6 is 22.9 Å². The van der Waals surface area contributed by atoms with Crippen molar-refractivity contribution in [3.63, 3.8) is 0 Å². The minimum absolute atomic E-state index is 0.00320. The summed E-state index contributed by atoms with van der Waals surface area (Å²) >= 11 is 7.10. The number of hydrogen-bond acceptors (Lipinski definition) is 7. The lowest BCUT2D eigenvalue weighted by Crippen LogP contribution is -2.36. The molecule has 1 saturated heterocycles. The number of carboxylic acid groups (broad SMARTS) is 1. The van der Waals surface area contributed by atoms with Gasteiger partial charge in [0.25, 0.3) is 5.91 Å². The van der Waals surface area contributed by atoms with Crippen LogP contribution in [0.1, 0.15) is 22.3 Å². The maximum Gasteiger partial charge on any atom is 0.419 e. The summed E-state index contributed by atoms with van der Waals surface area (Å²) in [6, 6.07) is 3.05. The van der Waals surface area contributed by atoms with Gasteiger partial charge in [-0.15, -0.1) is 11.3 Å². The third-order valence-corrected chi connectivity index (χ3v) is 6.26. The Morgan fingerprint density at radius 2 is 2.03 bits per heavy atom. The zero-order chi connectivity index (χ0) is 25.5. The summed E-state index contributed by atoms with van der Waals surface area (Å²) in [4.78, 5) is 33.4. The number of nitrogens with one attached hydrogen (secondary N) is 1. The van der Waals surface area contributed by atoms with Gasteiger partial charge in [-0.25, -0.2) is 19.2 Å². The minimum atomic E-state index is -4.87. The third kappa shape index (κ3) is 5.06. The van der Waals surface area contributed by atoms with E-state index in [1.807, 2.05) is 0 Å². The molecule has 1 fully saturated rings. The normalized spacial score (nSPS) is 18.1. The Balaban J connectivity index is 1.52. The molecule has 4 rings (SSSR count). The molecule has 1 amide bonds. The van der Waals surface area contributed by atoms with Gasteiger partial charge >= 0.3 is 12.1 Å². The standard InChI is InChI=1S/C21H15ClF4N4O4S/c22-13-4-9(6-27-17(13)30-7-10(31)5-15(30)19(33)34)18(32)29-20-28-14(8-35-20)11-2-1-3-12(16(11)23)21(24,25)26/h1-4,6,8,10,15,31H,5,7H2,(H,33,34)(H,28,29,32). The number of anilines is 2. The lowest BCUT2D eigenvalue weighted by molar-refractivity contribution is -0.140. The number of rotatable bonds is 5. The van der Waals surface area contributed by atoms with Crippen LogP contribution in [0.2, 0.25) is 5.02 Å². The number of pyridine rings is 1. The van der Waals surface area contributed by atoms with E-state index in [4.69, 9.17) is 11.6 Å². The van der Waals surface area contributed by atoms with Crippen molar-refractivity contribution >= 4 is 45.8 Å². The van der Waals surface area contributed by atoms with E-state index in [0.717, 1.165) is 29.7 Å². The van der Waals surface area contributed by atoms with E-state index in [-0.39, 0.29) is 45.8 Å². The zero-order valence-electron chi connectivity index (χ0n) is 17.4. The highest BCUT2D eigenvalue weighted by atomic mass is 35.5. The fourth-order valence-electron chi connectivity index (χ4n) is 3.62. The van der Waals surface area contributed by atoms with E-state index in [9.17, 15) is 37.4 Å². The molecule has 0 bridgehead atoms. The second-order valence-electron chi connectivity index (χ2n) is 7.58. The second-order valence-corrected chi connectivity index (χ2v) is 8.85. The van der Waals surface area contributed by atoms with E-state index in [1.54, 1.807) is 0 Å². The number of carboxylic acids is 1. The van der Waals surface area contributed by atoms with Crippen LogP contribution in [0.4, 0.5) is 28.5 Å². The molecule has 2 aromatic heterocycles. The van der Waals surface area contributed by atoms with Gasteiger partial charge in [0.15, 0.2) is 5.13 Å². The number of benzene rings is 1. The molecule has 35 heavy (non-hydrogen) atoms. The molecule has 0 saturated carbocycles. The quantitative estimate of drug-likeness (QED) is 0.421. The number of alkyl halides is 3. The second kappa shape index (κ2) is 9.40. The van der Waals surface area contributed by atoms with Crippen LogP contribution in [0.15, 0.2) is 35.8 Å². The van der Waals surface area contributed by atoms with Crippen molar-refractivity contribution < 1.29 is 37.4 Å². The van der Waals surface area contributed by atoms with Crippen molar-refractivity contribution in [3.8, 4) is 11.3 Å². The molecule has 14 heteroatoms. The SMILES string of the molecule is O=C(Nc1nc(-c2cccc(C(F)(F)F)c2F)cs1)c1cnc(N2CC(O)CC2C(=O)O)c(Cl)c1. The summed E-state index contributed by atoms with van der Waals surface area (Å²) < 4.78 is 53.3. The fourth-order valence-corrected chi connectivity index (χ4v) is 4.60. The Morgan fingerprint density at radius 1 is 1.29 bits per heavy atom. The Hall–Kier alpha value is -3.29. The molecule has 0 radical (unpaired) electrons. The van der Waals surface area contributed by atoms with E-state index >= 15 is 0 Å². The predicted octanol–water partition coefficient (Wildman–Crippen LogP) is 4.29. The number of aliphatic hydroxyl groups excluding tert-OH is 1. The summed E-state index contributed by atoms with van der Waals surface area (Å²) in [5.41, 5.74) is -1.89. The molecule has 3 aromatic rings. The van der Waals surface area contributed by atoms with Crippen LogP contribution in [0, 0.1) is 5.82 Å². The zero-order valence-corrected chi connectivity index (χ0v) is 19.0. The fraction of sp³-hybridized carbons (Fsp3) is 0.238. The van der Waals surface area contributed by atoms with E-state index in [0.29, 0.717) is 6.07 Å². The number of carbonyl (C=O) groups excluding carboxylic acids is 1. The van der Waals surface area contributed by atoms with Gasteiger partial charge in [0, 0.05) is 30.1 Å². The largest absolute Gasteiger partial charge is 0.480 e. The van der Waals surface area contributed by atoms with Gasteiger partial charge in [-0.1, -0.05) is 17.7 Å². The third-order valence-electron chi connectivity index (χ3n) is 5.22. The number of amides is 1. The van der Waals surface area contributed by atoms with Crippen LogP contribution < -0.4 is 10.2 Å². The van der Waals surface area contributed by atoms with Crippen molar-refractivity contribution in [2.24, 2.45) is 0 Å². The number of nitrogens with zero attached hydrogens (tertiary/aromatic N) is 3. The lowest BCUT2D eigenvalue weighted by Gasteiger charge is -2.23. The molecule has 8 nitrogen and oxygen atoms in total. The smallest absolute Gasteiger partial charge is 0.419 e. The van der Waals surface area contributed by atoms with Gasteiger partial charge in [-0.2, -0.15) is 13.2 Å². The first-order chi connectivity index (χ1) is 16.5. The molecule has 3 N–H and O–H groups in total. The van der Waals surface area contributed by atoms with Crippen LogP contribution in [-0.2, 0) is 11.0 Å². The predicted molar refractivity (Wildman–Crippen MR) is 119 cm³/mol. The Labute approximate surface area is 203 Å². The van der Waals surface area contributed by atoms with Crippen molar-refractivity contribution in [3.05, 3.63) is 57.8 Å². The van der Waals surface area contributed by atoms with Crippen LogP contribution in [0.3, 0.4) is 0 Å². The highest BCUT2D eigenvalue weighted by Gasteiger charge is 2.38. The molecule has 2 atom stereocenters. The highest BCUT2D eigenvalue weighted by molar-refractivity contribution is 7.14. The number of aliphatic carboxylic acids is 1. The summed E-state index contributed by atoms with van der Waals surface area (Å²) in [5, 5.41) is 22.9. The van der Waals surface area contributed by atoms with Gasteiger partial charge in [0.2, 0.25) is 0 Å². The number of β-amino-alcohol motifs (C(OH)–C–C–N with tert-alkyl or cyclic N) is 1. The van der Waals surface area contributed by atoms with Gasteiger partial charge in [-0.3, -0.25) is 10.1 Å². The molecule has 1 aliphatic rings. The van der Waals surface area contributed by atoms with E-state index < -0.39 is 41.6 Å². The molecule has 1 aromatic carbocycles. The number of halogens is 5. The van der Waals surface area contributed by atoms with Crippen molar-refractivity contribution in [1.29, 1.82) is 0 Å². The molecular weight excluding hydrogens is 516 g/mol. The maximum absolute atomic E-state index is 14.4. The Kier molecular flexibility index (Phi) is 6.66. The number of aliphatic hydroxyl groups is 1. The summed E-state index contributed by atoms with van der Waals surface area (Å²) in [6.45, 7) is 0.00320. The lowest BCUT2D eigenvalue weighted by atomic mass is 10.1. The summed E-state index contributed by atoms with van der Waals surface area (Å²) in [7, 11) is 0. The number of thiazole rings is 1. The first-order valence-electron chi connectivity index (χ1n) is 9.91. The monoisotopic (exact) mass is 530 g/mol. The molecule has 0 spiro atoms. The molecule has 3 heterocycles. The van der Waals surface area contributed by atoms with Crippen molar-refractivity contribution in [2.75, 3.05) is 16.8 Å². The number of carbonyl (C=O) groups is 2. The average molecular weight is 531 g/mol. The Bertz CT molecular complexity index is 1300. The number of hydrogen-bond donors (Lipinski definition) is 3. The maximum atomic E-state index is 14.4. The number of aromatic nitrogens is 2. The molecule has 184 valence electrons. The minimum Gasteiger partial charge on any atom is -0.480 e. The van der Waals surface area contributed by atoms with E-state index in [2.05, 4.69) is 15.3 Å². The summed E-state index contributed by atoms with van der Waals surface area (Å²) in [5.74, 6) is -3.24. The van der Waals surface area contributed by atoms with Crippen LogP contribution in [-0.4, -0.2) is 50.7 Å². The van der Waals surface area contributed by atoms with Gasteiger partial charge in [0.05, 0.1) is 27.9 Å². The molecule has 1 aliphatic heterocycles. The Morgan fingerprint density at radius 3 is 2.69 bits per heavy atom. The average Bonchev–Trinajstić information content (AvgIpc) is 3.39. The first kappa shape index (κ1) is 24.8. The van der Waals surface area contributed by atoms with Gasteiger partial charge in [-0.05, 0) is 18.2 Å². The molecule has 0 aliphatic carbocycles. The topological polar surface area (TPSA) is 116 Å². The van der Waals surface area contributed by atoms with Crippen molar-refractivity contribution in [2.45, 2.75) is 24.7 Å². The van der Waals surface area contributed by atoms with Gasteiger partial charge < -0.3 is 15.1 Å². The van der Waals surface area contributed by atoms with Crippen LogP contribution in [0.25, 0.3) is 11.3 Å². The highest BCUT2D eigenvalue weighted by Crippen LogP contribution is 2.36. The van der Waals surface area contributed by atoms with E-state index in [1.165, 1.54) is 16.3 Å². The van der Waals surface area contributed by atoms with Crippen molar-refractivity contribution in [1.82, 2.24) is 9.97 Å². The summed E-state index contributed by atoms with van der Waals surface area (Å²) in [6.07, 6.45) is -4.60. The first-order valence-corrected chi connectivity index (χ1v) is 11.2. The van der Waals surface area contributed by atoms with Gasteiger partial charge in [0.1, 0.15) is 17.7 Å². The van der Waals surface area contributed by atoms with Crippen LogP contribution in [0.5, 0.6) is 0 Å².